The molecule has 6 rings (SSSR count). The van der Waals surface area contributed by atoms with E-state index in [4.69, 9.17) is 4.74 Å². The Balaban J connectivity index is 1.40. The summed E-state index contributed by atoms with van der Waals surface area (Å²) in [6.07, 6.45) is 0. The second-order valence-corrected chi connectivity index (χ2v) is 8.81. The summed E-state index contributed by atoms with van der Waals surface area (Å²) in [5.41, 5.74) is 5.38. The molecule has 1 fully saturated rings. The molecule has 0 bridgehead atoms. The lowest BCUT2D eigenvalue weighted by atomic mass is 9.80. The first-order valence-electron chi connectivity index (χ1n) is 11.5. The standard InChI is InChI=1S/C27H26N4O2/c32-27-21-7-4-8-22-24(21)26(29-30-27)23(19-5-2-1-3-6-19)25(28-22)20-11-9-18(10-12-20)17-31-13-15-33-16-14-31/h1-12,23,25,28H,13-17H2,(H,30,32). The quantitative estimate of drug-likeness (QED) is 0.503. The molecule has 2 N–H and O–H groups in total. The Morgan fingerprint density at radius 1 is 0.909 bits per heavy atom. The minimum Gasteiger partial charge on any atom is -0.379 e. The third kappa shape index (κ3) is 3.71. The van der Waals surface area contributed by atoms with Crippen molar-refractivity contribution in [3.63, 3.8) is 0 Å². The molecule has 33 heavy (non-hydrogen) atoms. The lowest BCUT2D eigenvalue weighted by Gasteiger charge is -2.35. The lowest BCUT2D eigenvalue weighted by Crippen LogP contribution is -2.35. The number of hydrogen-bond donors (Lipinski definition) is 2. The molecule has 6 heteroatoms. The van der Waals surface area contributed by atoms with Gasteiger partial charge in [-0.3, -0.25) is 9.69 Å². The highest BCUT2D eigenvalue weighted by Crippen LogP contribution is 2.46. The zero-order chi connectivity index (χ0) is 22.2. The van der Waals surface area contributed by atoms with Gasteiger partial charge in [-0.2, -0.15) is 5.10 Å². The summed E-state index contributed by atoms with van der Waals surface area (Å²) in [6, 6.07) is 25.1. The first-order chi connectivity index (χ1) is 16.3. The van der Waals surface area contributed by atoms with E-state index in [1.54, 1.807) is 0 Å². The normalized spacial score (nSPS) is 20.5. The van der Waals surface area contributed by atoms with Crippen molar-refractivity contribution < 1.29 is 4.74 Å². The van der Waals surface area contributed by atoms with E-state index >= 15 is 0 Å². The van der Waals surface area contributed by atoms with Crippen LogP contribution in [0.2, 0.25) is 0 Å². The number of morpholine rings is 1. The Labute approximate surface area is 192 Å². The number of nitrogens with zero attached hydrogens (tertiary/aromatic N) is 2. The van der Waals surface area contributed by atoms with Crippen molar-refractivity contribution in [3.8, 4) is 0 Å². The van der Waals surface area contributed by atoms with Crippen molar-refractivity contribution in [2.75, 3.05) is 31.6 Å². The van der Waals surface area contributed by atoms with Crippen LogP contribution in [0.25, 0.3) is 10.8 Å². The Morgan fingerprint density at radius 3 is 2.48 bits per heavy atom. The van der Waals surface area contributed by atoms with Crippen LogP contribution in [-0.4, -0.2) is 41.4 Å². The van der Waals surface area contributed by atoms with E-state index in [2.05, 4.69) is 68.9 Å². The molecular formula is C27H26N4O2. The van der Waals surface area contributed by atoms with Gasteiger partial charge in [0, 0.05) is 30.7 Å². The molecule has 2 aliphatic heterocycles. The van der Waals surface area contributed by atoms with Crippen molar-refractivity contribution in [3.05, 3.63) is 106 Å². The van der Waals surface area contributed by atoms with Crippen LogP contribution >= 0.6 is 0 Å². The van der Waals surface area contributed by atoms with Crippen LogP contribution in [0.5, 0.6) is 0 Å². The smallest absolute Gasteiger partial charge is 0.272 e. The highest BCUT2D eigenvalue weighted by Gasteiger charge is 2.34. The fourth-order valence-electron chi connectivity index (χ4n) is 5.13. The van der Waals surface area contributed by atoms with Crippen LogP contribution in [0.15, 0.2) is 77.6 Å². The van der Waals surface area contributed by atoms with E-state index in [9.17, 15) is 4.79 Å². The highest BCUT2D eigenvalue weighted by atomic mass is 16.5. The summed E-state index contributed by atoms with van der Waals surface area (Å²) in [5.74, 6) is -0.0226. The number of nitrogens with one attached hydrogen (secondary N) is 2. The van der Waals surface area contributed by atoms with E-state index in [1.165, 1.54) is 16.7 Å². The molecule has 2 aliphatic rings. The van der Waals surface area contributed by atoms with E-state index in [0.29, 0.717) is 5.39 Å². The Bertz CT molecular complexity index is 1330. The number of aromatic nitrogens is 2. The number of ether oxygens (including phenoxy) is 1. The second kappa shape index (κ2) is 8.46. The number of aromatic amines is 1. The van der Waals surface area contributed by atoms with E-state index in [-0.39, 0.29) is 17.5 Å². The fourth-order valence-corrected chi connectivity index (χ4v) is 5.13. The average molecular weight is 439 g/mol. The SMILES string of the molecule is O=c1[nH]nc2c3c(cccc13)NC(c1ccc(CN3CCOCC3)cc1)C2c1ccccc1. The van der Waals surface area contributed by atoms with Gasteiger partial charge in [0.15, 0.2) is 0 Å². The summed E-state index contributed by atoms with van der Waals surface area (Å²) >= 11 is 0. The van der Waals surface area contributed by atoms with Gasteiger partial charge in [0.2, 0.25) is 0 Å². The summed E-state index contributed by atoms with van der Waals surface area (Å²) in [4.78, 5) is 14.9. The van der Waals surface area contributed by atoms with Gasteiger partial charge >= 0.3 is 0 Å². The van der Waals surface area contributed by atoms with Gasteiger partial charge in [-0.05, 0) is 28.8 Å². The van der Waals surface area contributed by atoms with Gasteiger partial charge in [0.05, 0.1) is 36.3 Å². The summed E-state index contributed by atoms with van der Waals surface area (Å²) in [6.45, 7) is 4.51. The van der Waals surface area contributed by atoms with E-state index in [1.807, 2.05) is 24.3 Å². The summed E-state index contributed by atoms with van der Waals surface area (Å²) in [7, 11) is 0. The number of H-pyrrole nitrogens is 1. The van der Waals surface area contributed by atoms with E-state index < -0.39 is 0 Å². The van der Waals surface area contributed by atoms with Crippen LogP contribution in [0.4, 0.5) is 5.69 Å². The lowest BCUT2D eigenvalue weighted by molar-refractivity contribution is 0.0342. The largest absolute Gasteiger partial charge is 0.379 e. The average Bonchev–Trinajstić information content (AvgIpc) is 2.87. The maximum Gasteiger partial charge on any atom is 0.272 e. The van der Waals surface area contributed by atoms with Crippen molar-refractivity contribution in [1.82, 2.24) is 15.1 Å². The Kier molecular flexibility index (Phi) is 5.17. The molecule has 3 aromatic carbocycles. The molecule has 0 spiro atoms. The van der Waals surface area contributed by atoms with Crippen LogP contribution in [-0.2, 0) is 11.3 Å². The van der Waals surface area contributed by atoms with Crippen molar-refractivity contribution in [1.29, 1.82) is 0 Å². The van der Waals surface area contributed by atoms with Crippen molar-refractivity contribution in [2.24, 2.45) is 0 Å². The zero-order valence-corrected chi connectivity index (χ0v) is 18.3. The minimum absolute atomic E-state index is 0.00124. The molecule has 2 unspecified atom stereocenters. The second-order valence-electron chi connectivity index (χ2n) is 8.81. The van der Waals surface area contributed by atoms with E-state index in [0.717, 1.165) is 49.6 Å². The molecule has 3 heterocycles. The third-order valence-electron chi connectivity index (χ3n) is 6.79. The molecule has 2 atom stereocenters. The third-order valence-corrected chi connectivity index (χ3v) is 6.79. The number of benzene rings is 3. The molecule has 4 aromatic rings. The minimum atomic E-state index is -0.157. The maximum absolute atomic E-state index is 12.5. The predicted molar refractivity (Wildman–Crippen MR) is 130 cm³/mol. The number of rotatable bonds is 4. The number of anilines is 1. The molecule has 0 amide bonds. The van der Waals surface area contributed by atoms with Gasteiger partial charge in [-0.25, -0.2) is 5.10 Å². The van der Waals surface area contributed by atoms with Crippen LogP contribution in [0.1, 0.15) is 34.3 Å². The Hall–Kier alpha value is -3.48. The molecule has 0 aliphatic carbocycles. The maximum atomic E-state index is 12.5. The van der Waals surface area contributed by atoms with Gasteiger partial charge < -0.3 is 10.1 Å². The zero-order valence-electron chi connectivity index (χ0n) is 18.3. The van der Waals surface area contributed by atoms with Gasteiger partial charge in [0.25, 0.3) is 5.56 Å². The summed E-state index contributed by atoms with van der Waals surface area (Å²) < 4.78 is 5.47. The van der Waals surface area contributed by atoms with Crippen molar-refractivity contribution >= 4 is 16.5 Å². The van der Waals surface area contributed by atoms with Gasteiger partial charge in [-0.15, -0.1) is 0 Å². The van der Waals surface area contributed by atoms with Gasteiger partial charge in [0.1, 0.15) is 0 Å². The molecule has 166 valence electrons. The van der Waals surface area contributed by atoms with Crippen LogP contribution < -0.4 is 10.9 Å². The predicted octanol–water partition coefficient (Wildman–Crippen LogP) is 4.05. The molecule has 1 saturated heterocycles. The highest BCUT2D eigenvalue weighted by molar-refractivity contribution is 5.97. The first kappa shape index (κ1) is 20.1. The monoisotopic (exact) mass is 438 g/mol. The van der Waals surface area contributed by atoms with Crippen LogP contribution in [0, 0.1) is 0 Å². The topological polar surface area (TPSA) is 70.2 Å². The molecule has 6 nitrogen and oxygen atoms in total. The van der Waals surface area contributed by atoms with Crippen molar-refractivity contribution in [2.45, 2.75) is 18.5 Å². The first-order valence-corrected chi connectivity index (χ1v) is 11.5. The molecule has 1 aromatic heterocycles. The molecule has 0 saturated carbocycles. The molecular weight excluding hydrogens is 412 g/mol. The Morgan fingerprint density at radius 2 is 1.70 bits per heavy atom. The summed E-state index contributed by atoms with van der Waals surface area (Å²) in [5, 5.41) is 12.6. The number of hydrogen-bond acceptors (Lipinski definition) is 5. The fraction of sp³-hybridized carbons (Fsp3) is 0.259. The van der Waals surface area contributed by atoms with Crippen LogP contribution in [0.3, 0.4) is 0 Å². The van der Waals surface area contributed by atoms with Gasteiger partial charge in [-0.1, -0.05) is 60.7 Å². The molecule has 0 radical (unpaired) electrons.